The average Bonchev–Trinajstić information content (AvgIpc) is 2.32. The second-order valence-corrected chi connectivity index (χ2v) is 4.72. The average molecular weight is 250 g/mol. The molecule has 3 N–H and O–H groups in total. The predicted molar refractivity (Wildman–Crippen MR) is 71.7 cm³/mol. The van der Waals surface area contributed by atoms with Gasteiger partial charge in [0, 0.05) is 6.04 Å². The number of hydrogen-bond acceptors (Lipinski definition) is 5. The number of nitro groups is 1. The molecule has 98 valence electrons. The molecule has 0 radical (unpaired) electrons. The van der Waals surface area contributed by atoms with Crippen molar-refractivity contribution in [2.75, 3.05) is 31.2 Å². The quantitative estimate of drug-likeness (QED) is 0.484. The van der Waals surface area contributed by atoms with Crippen LogP contribution in [0, 0.1) is 10.1 Å². The van der Waals surface area contributed by atoms with Gasteiger partial charge in [0.05, 0.1) is 4.92 Å². The summed E-state index contributed by atoms with van der Waals surface area (Å²) in [5.41, 5.74) is 6.37. The molecule has 2 rings (SSSR count). The lowest BCUT2D eigenvalue weighted by Crippen LogP contribution is -2.36. The van der Waals surface area contributed by atoms with E-state index in [0.29, 0.717) is 5.69 Å². The molecule has 0 aliphatic carbocycles. The first-order chi connectivity index (χ1) is 8.58. The zero-order valence-electron chi connectivity index (χ0n) is 10.4. The van der Waals surface area contributed by atoms with Crippen molar-refractivity contribution in [2.45, 2.75) is 18.9 Å². The number of benzene rings is 1. The fraction of sp³-hybridized carbons (Fsp3) is 0.500. The minimum absolute atomic E-state index is 0.0172. The third kappa shape index (κ3) is 2.70. The number of rotatable bonds is 3. The first-order valence-electron chi connectivity index (χ1n) is 6.06. The normalized spacial score (nSPS) is 17.6. The third-order valence-electron chi connectivity index (χ3n) is 3.33. The molecule has 1 aromatic rings. The molecule has 0 saturated carbocycles. The number of nitrogens with one attached hydrogen (secondary N) is 1. The van der Waals surface area contributed by atoms with Gasteiger partial charge in [-0.1, -0.05) is 6.07 Å². The van der Waals surface area contributed by atoms with Crippen LogP contribution in [0.25, 0.3) is 0 Å². The molecule has 0 unspecified atom stereocenters. The van der Waals surface area contributed by atoms with Crippen LogP contribution in [0.3, 0.4) is 0 Å². The van der Waals surface area contributed by atoms with E-state index < -0.39 is 4.92 Å². The van der Waals surface area contributed by atoms with Gasteiger partial charge >= 0.3 is 5.69 Å². The number of likely N-dealkylation sites (tertiary alicyclic amines) is 1. The zero-order chi connectivity index (χ0) is 13.1. The summed E-state index contributed by atoms with van der Waals surface area (Å²) in [7, 11) is 2.08. The summed E-state index contributed by atoms with van der Waals surface area (Å²) in [5, 5.41) is 14.3. The molecule has 1 aromatic carbocycles. The summed E-state index contributed by atoms with van der Waals surface area (Å²) in [6.45, 7) is 2.02. The Morgan fingerprint density at radius 1 is 1.44 bits per heavy atom. The zero-order valence-corrected chi connectivity index (χ0v) is 10.4. The lowest BCUT2D eigenvalue weighted by atomic mass is 10.0. The Morgan fingerprint density at radius 2 is 2.11 bits per heavy atom. The first-order valence-corrected chi connectivity index (χ1v) is 6.06. The highest BCUT2D eigenvalue weighted by molar-refractivity contribution is 5.74. The molecule has 1 aliphatic heterocycles. The molecule has 0 atom stereocenters. The Balaban J connectivity index is 2.14. The van der Waals surface area contributed by atoms with Gasteiger partial charge in [-0.2, -0.15) is 0 Å². The highest BCUT2D eigenvalue weighted by Crippen LogP contribution is 2.31. The van der Waals surface area contributed by atoms with Crippen LogP contribution in [0.2, 0.25) is 0 Å². The molecule has 0 amide bonds. The van der Waals surface area contributed by atoms with Gasteiger partial charge in [-0.05, 0) is 45.1 Å². The van der Waals surface area contributed by atoms with Gasteiger partial charge in [0.15, 0.2) is 0 Å². The van der Waals surface area contributed by atoms with Gasteiger partial charge in [0.25, 0.3) is 0 Å². The molecule has 6 heteroatoms. The van der Waals surface area contributed by atoms with Crippen molar-refractivity contribution in [3.8, 4) is 0 Å². The third-order valence-corrected chi connectivity index (χ3v) is 3.33. The predicted octanol–water partition coefficient (Wildman–Crippen LogP) is 1.68. The fourth-order valence-electron chi connectivity index (χ4n) is 2.25. The highest BCUT2D eigenvalue weighted by Gasteiger charge is 2.22. The van der Waals surface area contributed by atoms with Crippen molar-refractivity contribution in [1.29, 1.82) is 0 Å². The van der Waals surface area contributed by atoms with E-state index in [-0.39, 0.29) is 17.4 Å². The fourth-order valence-corrected chi connectivity index (χ4v) is 2.25. The molecular formula is C12H18N4O2. The molecule has 6 nitrogen and oxygen atoms in total. The summed E-state index contributed by atoms with van der Waals surface area (Å²) < 4.78 is 0. The Kier molecular flexibility index (Phi) is 3.66. The van der Waals surface area contributed by atoms with E-state index in [9.17, 15) is 10.1 Å². The van der Waals surface area contributed by atoms with E-state index in [2.05, 4.69) is 17.3 Å². The number of para-hydroxylation sites is 1. The molecule has 1 fully saturated rings. The van der Waals surface area contributed by atoms with Gasteiger partial charge in [0.1, 0.15) is 11.4 Å². The van der Waals surface area contributed by atoms with Crippen molar-refractivity contribution in [3.05, 3.63) is 28.3 Å². The van der Waals surface area contributed by atoms with E-state index in [0.717, 1.165) is 25.9 Å². The maximum absolute atomic E-state index is 11.0. The molecule has 1 saturated heterocycles. The van der Waals surface area contributed by atoms with Gasteiger partial charge in [-0.3, -0.25) is 10.1 Å². The van der Waals surface area contributed by atoms with Gasteiger partial charge in [0.2, 0.25) is 0 Å². The number of anilines is 2. The van der Waals surface area contributed by atoms with Crippen molar-refractivity contribution < 1.29 is 4.92 Å². The summed E-state index contributed by atoms with van der Waals surface area (Å²) in [6, 6.07) is 5.28. The Morgan fingerprint density at radius 3 is 2.72 bits per heavy atom. The van der Waals surface area contributed by atoms with Crippen molar-refractivity contribution in [1.82, 2.24) is 4.90 Å². The van der Waals surface area contributed by atoms with Crippen LogP contribution in [0.1, 0.15) is 12.8 Å². The number of nitrogens with two attached hydrogens (primary N) is 1. The summed E-state index contributed by atoms with van der Waals surface area (Å²) in [6.07, 6.45) is 1.98. The van der Waals surface area contributed by atoms with E-state index in [1.807, 2.05) is 0 Å². The van der Waals surface area contributed by atoms with Crippen LogP contribution in [-0.2, 0) is 0 Å². The molecular weight excluding hydrogens is 232 g/mol. The minimum Gasteiger partial charge on any atom is -0.393 e. The van der Waals surface area contributed by atoms with E-state index in [4.69, 9.17) is 5.73 Å². The largest absolute Gasteiger partial charge is 0.393 e. The number of hydrogen-bond donors (Lipinski definition) is 2. The Labute approximate surface area is 106 Å². The van der Waals surface area contributed by atoms with Crippen LogP contribution < -0.4 is 11.1 Å². The van der Waals surface area contributed by atoms with Gasteiger partial charge in [-0.25, -0.2) is 0 Å². The van der Waals surface area contributed by atoms with Crippen LogP contribution in [-0.4, -0.2) is 36.0 Å². The lowest BCUT2D eigenvalue weighted by molar-refractivity contribution is -0.383. The van der Waals surface area contributed by atoms with Crippen LogP contribution in [0.5, 0.6) is 0 Å². The van der Waals surface area contributed by atoms with E-state index in [1.165, 1.54) is 0 Å². The second kappa shape index (κ2) is 5.22. The maximum Gasteiger partial charge on any atom is 0.314 e. The highest BCUT2D eigenvalue weighted by atomic mass is 16.6. The van der Waals surface area contributed by atoms with Crippen molar-refractivity contribution in [2.24, 2.45) is 0 Å². The molecule has 18 heavy (non-hydrogen) atoms. The smallest absolute Gasteiger partial charge is 0.314 e. The van der Waals surface area contributed by atoms with Crippen molar-refractivity contribution in [3.63, 3.8) is 0 Å². The standard InChI is InChI=1S/C12H18N4O2/c1-15-7-5-9(6-8-15)14-11-4-2-3-10(13)12(11)16(17)18/h2-4,9,14H,5-8,13H2,1H3. The van der Waals surface area contributed by atoms with Gasteiger partial charge in [-0.15, -0.1) is 0 Å². The maximum atomic E-state index is 11.0. The lowest BCUT2D eigenvalue weighted by Gasteiger charge is -2.30. The molecule has 1 aliphatic rings. The van der Waals surface area contributed by atoms with Crippen LogP contribution >= 0.6 is 0 Å². The van der Waals surface area contributed by atoms with Crippen molar-refractivity contribution >= 4 is 17.1 Å². The molecule has 1 heterocycles. The monoisotopic (exact) mass is 250 g/mol. The van der Waals surface area contributed by atoms with E-state index in [1.54, 1.807) is 18.2 Å². The Hall–Kier alpha value is -1.82. The summed E-state index contributed by atoms with van der Waals surface area (Å²) in [4.78, 5) is 12.8. The van der Waals surface area contributed by atoms with Crippen LogP contribution in [0.4, 0.5) is 17.1 Å². The number of nitro benzene ring substituents is 1. The topological polar surface area (TPSA) is 84.4 Å². The molecule has 0 aromatic heterocycles. The second-order valence-electron chi connectivity index (χ2n) is 4.72. The number of nitrogens with zero attached hydrogens (tertiary/aromatic N) is 2. The summed E-state index contributed by atoms with van der Waals surface area (Å²) in [5.74, 6) is 0. The number of piperidine rings is 1. The van der Waals surface area contributed by atoms with Crippen LogP contribution in [0.15, 0.2) is 18.2 Å². The SMILES string of the molecule is CN1CCC(Nc2cccc(N)c2[N+](=O)[O-])CC1. The van der Waals surface area contributed by atoms with E-state index >= 15 is 0 Å². The summed E-state index contributed by atoms with van der Waals surface area (Å²) >= 11 is 0. The van der Waals surface area contributed by atoms with Gasteiger partial charge < -0.3 is 16.0 Å². The molecule has 0 bridgehead atoms. The minimum atomic E-state index is -0.424. The first kappa shape index (κ1) is 12.6. The number of nitrogen functional groups attached to an aromatic ring is 1. The Bertz CT molecular complexity index is 442. The molecule has 0 spiro atoms.